The average molecular weight is 330 g/mol. The Morgan fingerprint density at radius 3 is 2.26 bits per heavy atom. The van der Waals surface area contributed by atoms with E-state index in [-0.39, 0.29) is 11.3 Å². The van der Waals surface area contributed by atoms with E-state index in [2.05, 4.69) is 38.2 Å². The van der Waals surface area contributed by atoms with Gasteiger partial charge < -0.3 is 10.2 Å². The van der Waals surface area contributed by atoms with Crippen LogP contribution in [0, 0.1) is 0 Å². The maximum absolute atomic E-state index is 12.1. The maximum atomic E-state index is 12.1. The second-order valence-electron chi connectivity index (χ2n) is 7.05. The number of carbonyl (C=O) groups excluding carboxylic acids is 1. The summed E-state index contributed by atoms with van der Waals surface area (Å²) in [7, 11) is 3.99. The van der Waals surface area contributed by atoms with Crippen LogP contribution in [0.1, 0.15) is 36.0 Å². The summed E-state index contributed by atoms with van der Waals surface area (Å²) in [6.45, 7) is 8.18. The Balaban J connectivity index is 2.04. The van der Waals surface area contributed by atoms with Crippen LogP contribution >= 0.6 is 11.3 Å². The van der Waals surface area contributed by atoms with Crippen LogP contribution in [0.4, 0.5) is 0 Å². The summed E-state index contributed by atoms with van der Waals surface area (Å²) in [6, 6.07) is 12.2. The number of hydrogen-bond donors (Lipinski definition) is 1. The van der Waals surface area contributed by atoms with E-state index in [0.29, 0.717) is 12.1 Å². The Hall–Kier alpha value is -1.65. The molecule has 1 aromatic heterocycles. The van der Waals surface area contributed by atoms with Gasteiger partial charge in [-0.2, -0.15) is 0 Å². The minimum absolute atomic E-state index is 0.0139. The van der Waals surface area contributed by atoms with E-state index in [1.54, 1.807) is 0 Å². The Kier molecular flexibility index (Phi) is 5.60. The van der Waals surface area contributed by atoms with Gasteiger partial charge in [-0.3, -0.25) is 4.79 Å². The van der Waals surface area contributed by atoms with Gasteiger partial charge in [0.2, 0.25) is 0 Å². The summed E-state index contributed by atoms with van der Waals surface area (Å²) in [5, 5.41) is 2.94. The normalized spacial score (nSPS) is 11.7. The summed E-state index contributed by atoms with van der Waals surface area (Å²) in [4.78, 5) is 16.7. The van der Waals surface area contributed by atoms with Gasteiger partial charge in [-0.05, 0) is 49.3 Å². The quantitative estimate of drug-likeness (QED) is 0.898. The van der Waals surface area contributed by atoms with Gasteiger partial charge in [0.05, 0.1) is 0 Å². The number of likely N-dealkylation sites (N-methyl/N-ethyl adjacent to an activating group) is 1. The summed E-state index contributed by atoms with van der Waals surface area (Å²) in [5.74, 6) is -0.0139. The molecule has 0 saturated heterocycles. The molecule has 3 nitrogen and oxygen atoms in total. The molecule has 0 bridgehead atoms. The van der Waals surface area contributed by atoms with Crippen LogP contribution in [0.25, 0.3) is 10.4 Å². The Labute approximate surface area is 143 Å². The Morgan fingerprint density at radius 1 is 1.09 bits per heavy atom. The predicted molar refractivity (Wildman–Crippen MR) is 99.3 cm³/mol. The lowest BCUT2D eigenvalue weighted by Crippen LogP contribution is -2.31. The van der Waals surface area contributed by atoms with Crippen molar-refractivity contribution in [3.63, 3.8) is 0 Å². The lowest BCUT2D eigenvalue weighted by atomic mass is 9.95. The predicted octanol–water partition coefficient (Wildman–Crippen LogP) is 4.00. The van der Waals surface area contributed by atoms with E-state index < -0.39 is 0 Å². The van der Waals surface area contributed by atoms with Crippen molar-refractivity contribution in [2.75, 3.05) is 27.2 Å². The molecule has 0 radical (unpaired) electrons. The molecule has 0 unspecified atom stereocenters. The number of amides is 1. The molecule has 1 aromatic carbocycles. The molecule has 23 heavy (non-hydrogen) atoms. The van der Waals surface area contributed by atoms with Gasteiger partial charge in [0.15, 0.2) is 0 Å². The molecule has 1 N–H and O–H groups in total. The number of rotatable bonds is 5. The molecule has 2 aromatic rings. The molecule has 1 heterocycles. The molecule has 1 amide bonds. The zero-order chi connectivity index (χ0) is 17.0. The van der Waals surface area contributed by atoms with Gasteiger partial charge in [-0.15, -0.1) is 11.3 Å². The van der Waals surface area contributed by atoms with E-state index in [0.717, 1.165) is 12.1 Å². The zero-order valence-electron chi connectivity index (χ0n) is 14.6. The van der Waals surface area contributed by atoms with Crippen molar-refractivity contribution in [3.05, 3.63) is 46.8 Å². The molecule has 0 aliphatic rings. The third-order valence-corrected chi connectivity index (χ3v) is 5.18. The monoisotopic (exact) mass is 330 g/mol. The van der Waals surface area contributed by atoms with Gasteiger partial charge in [0.25, 0.3) is 5.91 Å². The Morgan fingerprint density at radius 2 is 1.74 bits per heavy atom. The van der Waals surface area contributed by atoms with Crippen molar-refractivity contribution in [2.24, 2.45) is 0 Å². The molecular formula is C19H26N2OS. The number of carbonyl (C=O) groups is 1. The second-order valence-corrected chi connectivity index (χ2v) is 8.13. The fourth-order valence-electron chi connectivity index (χ4n) is 2.18. The van der Waals surface area contributed by atoms with E-state index in [1.165, 1.54) is 9.75 Å². The fraction of sp³-hybridized carbons (Fsp3) is 0.421. The first-order valence-corrected chi connectivity index (χ1v) is 8.73. The summed E-state index contributed by atoms with van der Waals surface area (Å²) in [6.07, 6.45) is 0. The van der Waals surface area contributed by atoms with Crippen molar-refractivity contribution >= 4 is 17.2 Å². The first-order chi connectivity index (χ1) is 10.8. The van der Waals surface area contributed by atoms with E-state index in [4.69, 9.17) is 0 Å². The van der Waals surface area contributed by atoms with E-state index in [1.807, 2.05) is 54.6 Å². The van der Waals surface area contributed by atoms with Crippen LogP contribution in [0.2, 0.25) is 0 Å². The number of hydrogen-bond acceptors (Lipinski definition) is 3. The molecule has 0 aliphatic heterocycles. The lowest BCUT2D eigenvalue weighted by Gasteiger charge is -2.15. The lowest BCUT2D eigenvalue weighted by molar-refractivity contribution is 0.0951. The third kappa shape index (κ3) is 4.91. The van der Waals surface area contributed by atoms with Gasteiger partial charge in [-0.25, -0.2) is 0 Å². The number of benzene rings is 1. The van der Waals surface area contributed by atoms with Gasteiger partial charge in [0, 0.05) is 28.4 Å². The molecule has 0 aliphatic carbocycles. The van der Waals surface area contributed by atoms with Gasteiger partial charge in [0.1, 0.15) is 0 Å². The molecule has 2 rings (SSSR count). The number of nitrogens with zero attached hydrogens (tertiary/aromatic N) is 1. The topological polar surface area (TPSA) is 32.3 Å². The molecule has 0 spiro atoms. The molecule has 124 valence electrons. The molecule has 0 fully saturated rings. The van der Waals surface area contributed by atoms with Crippen LogP contribution in [0.3, 0.4) is 0 Å². The van der Waals surface area contributed by atoms with Gasteiger partial charge >= 0.3 is 0 Å². The average Bonchev–Trinajstić information content (AvgIpc) is 2.97. The van der Waals surface area contributed by atoms with Crippen LogP contribution in [0.15, 0.2) is 36.4 Å². The van der Waals surface area contributed by atoms with Crippen molar-refractivity contribution in [3.8, 4) is 10.4 Å². The van der Waals surface area contributed by atoms with Crippen molar-refractivity contribution in [2.45, 2.75) is 26.2 Å². The molecule has 0 saturated carbocycles. The zero-order valence-corrected chi connectivity index (χ0v) is 15.5. The largest absolute Gasteiger partial charge is 0.351 e. The smallest absolute Gasteiger partial charge is 0.251 e. The van der Waals surface area contributed by atoms with E-state index >= 15 is 0 Å². The Bertz CT molecular complexity index is 651. The minimum atomic E-state index is -0.0139. The standard InChI is InChI=1S/C19H26N2OS/c1-19(2,3)17-11-10-16(23-17)14-6-8-15(9-7-14)18(22)20-12-13-21(4)5/h6-11H,12-13H2,1-5H3,(H,20,22). The summed E-state index contributed by atoms with van der Waals surface area (Å²) in [5.41, 5.74) is 2.05. The van der Waals surface area contributed by atoms with Crippen molar-refractivity contribution in [1.82, 2.24) is 10.2 Å². The van der Waals surface area contributed by atoms with E-state index in [9.17, 15) is 4.79 Å². The highest BCUT2D eigenvalue weighted by Crippen LogP contribution is 2.34. The number of thiophene rings is 1. The first kappa shape index (κ1) is 17.7. The second kappa shape index (κ2) is 7.28. The van der Waals surface area contributed by atoms with Crippen molar-refractivity contribution in [1.29, 1.82) is 0 Å². The molecular weight excluding hydrogens is 304 g/mol. The minimum Gasteiger partial charge on any atom is -0.351 e. The maximum Gasteiger partial charge on any atom is 0.251 e. The highest BCUT2D eigenvalue weighted by Gasteiger charge is 2.16. The van der Waals surface area contributed by atoms with Crippen LogP contribution in [-0.2, 0) is 5.41 Å². The molecule has 4 heteroatoms. The first-order valence-electron chi connectivity index (χ1n) is 7.91. The SMILES string of the molecule is CN(C)CCNC(=O)c1ccc(-c2ccc(C(C)(C)C)s2)cc1. The van der Waals surface area contributed by atoms with Crippen molar-refractivity contribution < 1.29 is 4.79 Å². The van der Waals surface area contributed by atoms with Gasteiger partial charge in [-0.1, -0.05) is 32.9 Å². The number of nitrogens with one attached hydrogen (secondary N) is 1. The highest BCUT2D eigenvalue weighted by molar-refractivity contribution is 7.15. The summed E-state index contributed by atoms with van der Waals surface area (Å²) >= 11 is 1.82. The molecule has 0 atom stereocenters. The fourth-order valence-corrected chi connectivity index (χ4v) is 3.25. The highest BCUT2D eigenvalue weighted by atomic mass is 32.1. The van der Waals surface area contributed by atoms with Crippen LogP contribution < -0.4 is 5.32 Å². The van der Waals surface area contributed by atoms with Crippen LogP contribution in [-0.4, -0.2) is 38.0 Å². The third-order valence-electron chi connectivity index (χ3n) is 3.62. The summed E-state index contributed by atoms with van der Waals surface area (Å²) < 4.78 is 0. The van der Waals surface area contributed by atoms with Crippen LogP contribution in [0.5, 0.6) is 0 Å².